The Hall–Kier alpha value is -4.13. The highest BCUT2D eigenvalue weighted by Gasteiger charge is 2.34. The van der Waals surface area contributed by atoms with Gasteiger partial charge in [0.1, 0.15) is 11.5 Å². The smallest absolute Gasteiger partial charge is 0.347 e. The number of carbonyl (C=O) groups excluding carboxylic acids is 2. The third-order valence-electron chi connectivity index (χ3n) is 5.50. The first-order valence-corrected chi connectivity index (χ1v) is 11.0. The van der Waals surface area contributed by atoms with Crippen LogP contribution in [-0.4, -0.2) is 42.4 Å². The molecule has 0 aromatic heterocycles. The predicted molar refractivity (Wildman–Crippen MR) is 128 cm³/mol. The molecule has 0 fully saturated rings. The van der Waals surface area contributed by atoms with Crippen LogP contribution in [0.4, 0.5) is 0 Å². The average Bonchev–Trinajstić information content (AvgIpc) is 3.34. The third-order valence-corrected chi connectivity index (χ3v) is 5.50. The highest BCUT2D eigenvalue weighted by Crippen LogP contribution is 2.33. The lowest BCUT2D eigenvalue weighted by molar-refractivity contribution is -0.158. The molecule has 1 amide bonds. The van der Waals surface area contributed by atoms with Crippen molar-refractivity contribution >= 4 is 17.6 Å². The molecule has 2 atom stereocenters. The first-order chi connectivity index (χ1) is 16.5. The van der Waals surface area contributed by atoms with Gasteiger partial charge in [0.05, 0.1) is 18.9 Å². The molecule has 0 saturated heterocycles. The van der Waals surface area contributed by atoms with Gasteiger partial charge in [-0.1, -0.05) is 60.7 Å². The average molecular weight is 459 g/mol. The Morgan fingerprint density at radius 2 is 1.59 bits per heavy atom. The second-order valence-corrected chi connectivity index (χ2v) is 7.82. The molecule has 0 radical (unpaired) electrons. The van der Waals surface area contributed by atoms with E-state index in [2.05, 4.69) is 5.10 Å². The highest BCUT2D eigenvalue weighted by molar-refractivity contribution is 6.03. The van der Waals surface area contributed by atoms with E-state index in [0.717, 1.165) is 22.6 Å². The van der Waals surface area contributed by atoms with Crippen molar-refractivity contribution in [3.63, 3.8) is 0 Å². The molecule has 1 heterocycles. The van der Waals surface area contributed by atoms with Crippen molar-refractivity contribution < 1.29 is 23.8 Å². The molecule has 0 spiro atoms. The number of esters is 1. The number of amides is 1. The number of hydrogen-bond acceptors (Lipinski definition) is 6. The van der Waals surface area contributed by atoms with E-state index in [-0.39, 0.29) is 6.04 Å². The Kier molecular flexibility index (Phi) is 7.22. The number of carbonyl (C=O) groups is 2. The highest BCUT2D eigenvalue weighted by atomic mass is 16.6. The lowest BCUT2D eigenvalue weighted by atomic mass is 9.98. The molecule has 0 aliphatic carbocycles. The Labute approximate surface area is 198 Å². The van der Waals surface area contributed by atoms with Gasteiger partial charge in [-0.15, -0.1) is 0 Å². The molecule has 3 aromatic rings. The van der Waals surface area contributed by atoms with E-state index in [4.69, 9.17) is 14.2 Å². The van der Waals surface area contributed by atoms with Gasteiger partial charge < -0.3 is 14.2 Å². The monoisotopic (exact) mass is 458 g/mol. The summed E-state index contributed by atoms with van der Waals surface area (Å²) in [7, 11) is 1.61. The van der Waals surface area contributed by atoms with Gasteiger partial charge in [-0.2, -0.15) is 5.10 Å². The number of benzene rings is 3. The van der Waals surface area contributed by atoms with Crippen LogP contribution >= 0.6 is 0 Å². The predicted octanol–water partition coefficient (Wildman–Crippen LogP) is 4.38. The minimum atomic E-state index is -0.852. The van der Waals surface area contributed by atoms with Crippen LogP contribution in [0.15, 0.2) is 90.0 Å². The van der Waals surface area contributed by atoms with Crippen LogP contribution in [0.5, 0.6) is 11.5 Å². The third kappa shape index (κ3) is 5.43. The van der Waals surface area contributed by atoms with Crippen LogP contribution in [0.2, 0.25) is 0 Å². The van der Waals surface area contributed by atoms with E-state index in [1.807, 2.05) is 72.8 Å². The van der Waals surface area contributed by atoms with Gasteiger partial charge in [-0.3, -0.25) is 4.79 Å². The van der Waals surface area contributed by atoms with Gasteiger partial charge in [0, 0.05) is 6.42 Å². The molecule has 2 unspecified atom stereocenters. The molecular weight excluding hydrogens is 432 g/mol. The van der Waals surface area contributed by atoms with Crippen LogP contribution in [0, 0.1) is 0 Å². The van der Waals surface area contributed by atoms with Crippen LogP contribution < -0.4 is 9.47 Å². The molecule has 0 saturated carbocycles. The lowest BCUT2D eigenvalue weighted by Crippen LogP contribution is -2.34. The van der Waals surface area contributed by atoms with Crippen LogP contribution in [0.3, 0.4) is 0 Å². The van der Waals surface area contributed by atoms with E-state index < -0.39 is 24.6 Å². The molecule has 0 bridgehead atoms. The molecule has 0 N–H and O–H groups in total. The second kappa shape index (κ2) is 10.7. The van der Waals surface area contributed by atoms with Crippen molar-refractivity contribution in [2.24, 2.45) is 5.10 Å². The molecule has 4 rings (SSSR count). The standard InChI is InChI=1S/C27H26N2O5/c1-19(34-23-11-7-4-8-12-23)27(31)33-18-26(30)29-25(21-13-15-22(32-2)16-14-21)17-24(28-29)20-9-5-3-6-10-20/h3-16,19,25H,17-18H2,1-2H3. The molecule has 1 aliphatic heterocycles. The number of para-hydroxylation sites is 1. The van der Waals surface area contributed by atoms with E-state index in [9.17, 15) is 9.59 Å². The van der Waals surface area contributed by atoms with Gasteiger partial charge in [-0.05, 0) is 42.3 Å². The maximum absolute atomic E-state index is 13.1. The number of hydrazone groups is 1. The van der Waals surface area contributed by atoms with Crippen molar-refractivity contribution in [3.8, 4) is 11.5 Å². The van der Waals surface area contributed by atoms with Crippen molar-refractivity contribution in [1.29, 1.82) is 0 Å². The van der Waals surface area contributed by atoms with E-state index in [1.54, 1.807) is 26.2 Å². The van der Waals surface area contributed by atoms with Crippen LogP contribution in [0.1, 0.15) is 30.5 Å². The Bertz CT molecular complexity index is 1150. The van der Waals surface area contributed by atoms with E-state index >= 15 is 0 Å². The normalized spacial score (nSPS) is 15.9. The summed E-state index contributed by atoms with van der Waals surface area (Å²) in [5, 5.41) is 6.00. The first-order valence-electron chi connectivity index (χ1n) is 11.0. The quantitative estimate of drug-likeness (QED) is 0.468. The minimum Gasteiger partial charge on any atom is -0.497 e. The van der Waals surface area contributed by atoms with Gasteiger partial charge in [0.15, 0.2) is 12.7 Å². The zero-order chi connectivity index (χ0) is 23.9. The molecular formula is C27H26N2O5. The SMILES string of the molecule is COc1ccc(C2CC(c3ccccc3)=NN2C(=O)COC(=O)C(C)Oc2ccccc2)cc1. The van der Waals surface area contributed by atoms with Gasteiger partial charge >= 0.3 is 5.97 Å². The minimum absolute atomic E-state index is 0.315. The van der Waals surface area contributed by atoms with E-state index in [1.165, 1.54) is 5.01 Å². The summed E-state index contributed by atoms with van der Waals surface area (Å²) < 4.78 is 16.1. The van der Waals surface area contributed by atoms with Gasteiger partial charge in [0.2, 0.25) is 0 Å². The number of hydrogen-bond donors (Lipinski definition) is 0. The molecule has 7 nitrogen and oxygen atoms in total. The maximum Gasteiger partial charge on any atom is 0.347 e. The number of ether oxygens (including phenoxy) is 3. The van der Waals surface area contributed by atoms with Crippen LogP contribution in [-0.2, 0) is 14.3 Å². The molecule has 174 valence electrons. The fourth-order valence-electron chi connectivity index (χ4n) is 3.70. The zero-order valence-electron chi connectivity index (χ0n) is 19.1. The molecule has 34 heavy (non-hydrogen) atoms. The lowest BCUT2D eigenvalue weighted by Gasteiger charge is -2.22. The van der Waals surface area contributed by atoms with Gasteiger partial charge in [-0.25, -0.2) is 9.80 Å². The summed E-state index contributed by atoms with van der Waals surface area (Å²) in [5.74, 6) is 0.247. The summed E-state index contributed by atoms with van der Waals surface area (Å²) in [6, 6.07) is 25.9. The molecule has 3 aromatic carbocycles. The summed E-state index contributed by atoms with van der Waals surface area (Å²) in [4.78, 5) is 25.5. The first kappa shape index (κ1) is 23.0. The Morgan fingerprint density at radius 3 is 2.24 bits per heavy atom. The largest absolute Gasteiger partial charge is 0.497 e. The molecule has 1 aliphatic rings. The Morgan fingerprint density at radius 1 is 0.941 bits per heavy atom. The second-order valence-electron chi connectivity index (χ2n) is 7.82. The number of rotatable bonds is 8. The topological polar surface area (TPSA) is 77.4 Å². The maximum atomic E-state index is 13.1. The summed E-state index contributed by atoms with van der Waals surface area (Å²) in [6.45, 7) is 1.15. The molecule has 7 heteroatoms. The van der Waals surface area contributed by atoms with Crippen molar-refractivity contribution in [1.82, 2.24) is 5.01 Å². The number of methoxy groups -OCH3 is 1. The van der Waals surface area contributed by atoms with Crippen molar-refractivity contribution in [2.75, 3.05) is 13.7 Å². The summed E-state index contributed by atoms with van der Waals surface area (Å²) in [5.41, 5.74) is 2.65. The van der Waals surface area contributed by atoms with Crippen molar-refractivity contribution in [3.05, 3.63) is 96.1 Å². The Balaban J connectivity index is 1.46. The van der Waals surface area contributed by atoms with Crippen molar-refractivity contribution in [2.45, 2.75) is 25.5 Å². The summed E-state index contributed by atoms with van der Waals surface area (Å²) >= 11 is 0. The zero-order valence-corrected chi connectivity index (χ0v) is 19.1. The summed E-state index contributed by atoms with van der Waals surface area (Å²) in [6.07, 6.45) is -0.307. The fourth-order valence-corrected chi connectivity index (χ4v) is 3.70. The van der Waals surface area contributed by atoms with Crippen LogP contribution in [0.25, 0.3) is 0 Å². The number of nitrogens with zero attached hydrogens (tertiary/aromatic N) is 2. The van der Waals surface area contributed by atoms with Gasteiger partial charge in [0.25, 0.3) is 5.91 Å². The fraction of sp³-hybridized carbons (Fsp3) is 0.222. The van der Waals surface area contributed by atoms with E-state index in [0.29, 0.717) is 12.2 Å².